The number of hydrogen-bond donors (Lipinski definition) is 1. The second-order valence-corrected chi connectivity index (χ2v) is 14.0. The first-order valence-electron chi connectivity index (χ1n) is 17.1. The molecule has 0 amide bonds. The Morgan fingerprint density at radius 1 is 1.07 bits per heavy atom. The summed E-state index contributed by atoms with van der Waals surface area (Å²) in [6.07, 6.45) is 21.7. The van der Waals surface area contributed by atoms with Crippen molar-refractivity contribution in [1.82, 2.24) is 4.90 Å². The summed E-state index contributed by atoms with van der Waals surface area (Å²) in [5.41, 5.74) is -0.0811. The lowest BCUT2D eigenvalue weighted by atomic mass is 9.44. The third-order valence-corrected chi connectivity index (χ3v) is 11.3. The van der Waals surface area contributed by atoms with Crippen LogP contribution in [-0.4, -0.2) is 60.4 Å². The van der Waals surface area contributed by atoms with Gasteiger partial charge in [-0.25, -0.2) is 4.79 Å². The fraction of sp³-hybridized carbons (Fsp3) is 0.800. The van der Waals surface area contributed by atoms with Crippen LogP contribution in [0, 0.1) is 23.2 Å². The fourth-order valence-electron chi connectivity index (χ4n) is 9.03. The number of carbonyl (C=O) groups excluding carboxylic acids is 1. The summed E-state index contributed by atoms with van der Waals surface area (Å²) >= 11 is 0. The van der Waals surface area contributed by atoms with E-state index in [1.165, 1.54) is 64.2 Å². The van der Waals surface area contributed by atoms with Gasteiger partial charge in [0.25, 0.3) is 0 Å². The van der Waals surface area contributed by atoms with Crippen molar-refractivity contribution < 1.29 is 28.8 Å². The van der Waals surface area contributed by atoms with Gasteiger partial charge in [-0.1, -0.05) is 77.4 Å². The molecule has 6 rings (SSSR count). The van der Waals surface area contributed by atoms with E-state index in [9.17, 15) is 9.90 Å². The summed E-state index contributed by atoms with van der Waals surface area (Å²) in [6, 6.07) is 0.160. The first-order chi connectivity index (χ1) is 20.5. The Hall–Kier alpha value is -1.99. The Balaban J connectivity index is 0.987. The molecule has 0 aromatic heterocycles. The number of rotatable bonds is 16. The molecular formula is C35H53NO6. The zero-order valence-corrected chi connectivity index (χ0v) is 25.8. The maximum atomic E-state index is 12.5. The van der Waals surface area contributed by atoms with Gasteiger partial charge in [-0.2, -0.15) is 0 Å². The monoisotopic (exact) mass is 583 g/mol. The maximum Gasteiger partial charge on any atom is 0.511 e. The van der Waals surface area contributed by atoms with Crippen molar-refractivity contribution in [3.63, 3.8) is 0 Å². The van der Waals surface area contributed by atoms with Crippen LogP contribution in [0.3, 0.4) is 0 Å². The SMILES string of the molecule is C=C1CC[C@@]2(O)C3CC4C=CC(OCOC(=O)OCCCCCCCCCCCC)=C5O[C@@H]1[C@]2(CCN3CC1CC1)C54. The average Bonchev–Trinajstić information content (AvgIpc) is 3.72. The molecule has 6 atom stereocenters. The molecular weight excluding hydrogens is 530 g/mol. The highest BCUT2D eigenvalue weighted by Crippen LogP contribution is 2.70. The Morgan fingerprint density at radius 3 is 2.55 bits per heavy atom. The first kappa shape index (κ1) is 30.1. The summed E-state index contributed by atoms with van der Waals surface area (Å²) in [7, 11) is 0. The van der Waals surface area contributed by atoms with E-state index < -0.39 is 11.8 Å². The molecule has 0 aromatic carbocycles. The number of unbranched alkanes of at least 4 members (excludes halogenated alkanes) is 9. The number of nitrogens with zero attached hydrogens (tertiary/aromatic N) is 1. The molecule has 7 nitrogen and oxygen atoms in total. The molecule has 2 aliphatic heterocycles. The van der Waals surface area contributed by atoms with Crippen molar-refractivity contribution >= 4 is 6.16 Å². The number of ether oxygens (including phenoxy) is 4. The normalized spacial score (nSPS) is 34.7. The second-order valence-electron chi connectivity index (χ2n) is 14.0. The van der Waals surface area contributed by atoms with Crippen molar-refractivity contribution in [2.24, 2.45) is 23.2 Å². The van der Waals surface area contributed by atoms with Crippen molar-refractivity contribution in [3.8, 4) is 0 Å². The summed E-state index contributed by atoms with van der Waals surface area (Å²) in [5, 5.41) is 12.5. The van der Waals surface area contributed by atoms with Crippen LogP contribution in [0.2, 0.25) is 0 Å². The molecule has 6 aliphatic rings. The number of aliphatic hydroxyl groups is 1. The zero-order valence-electron chi connectivity index (χ0n) is 25.8. The smallest absolute Gasteiger partial charge is 0.485 e. The van der Waals surface area contributed by atoms with Crippen LogP contribution in [-0.2, 0) is 18.9 Å². The van der Waals surface area contributed by atoms with Crippen molar-refractivity contribution in [2.45, 2.75) is 127 Å². The highest BCUT2D eigenvalue weighted by atomic mass is 16.8. The molecule has 7 heteroatoms. The Kier molecular flexibility index (Phi) is 9.26. The third-order valence-electron chi connectivity index (χ3n) is 11.3. The summed E-state index contributed by atoms with van der Waals surface area (Å²) in [5.74, 6) is 2.57. The van der Waals surface area contributed by atoms with Gasteiger partial charge in [-0.15, -0.1) is 0 Å². The highest BCUT2D eigenvalue weighted by molar-refractivity contribution is 5.59. The summed E-state index contributed by atoms with van der Waals surface area (Å²) < 4.78 is 23.2. The fourth-order valence-corrected chi connectivity index (χ4v) is 9.03. The summed E-state index contributed by atoms with van der Waals surface area (Å²) in [6.45, 7) is 8.93. The maximum absolute atomic E-state index is 12.5. The van der Waals surface area contributed by atoms with Gasteiger partial charge >= 0.3 is 6.16 Å². The molecule has 2 heterocycles. The molecule has 1 N–H and O–H groups in total. The zero-order chi connectivity index (χ0) is 29.2. The predicted molar refractivity (Wildman–Crippen MR) is 161 cm³/mol. The quantitative estimate of drug-likeness (QED) is 0.0878. The van der Waals surface area contributed by atoms with Gasteiger partial charge < -0.3 is 24.1 Å². The van der Waals surface area contributed by atoms with E-state index >= 15 is 0 Å². The minimum absolute atomic E-state index is 0.0622. The lowest BCUT2D eigenvalue weighted by Gasteiger charge is -2.66. The molecule has 0 radical (unpaired) electrons. The molecule has 1 spiro atoms. The lowest BCUT2D eigenvalue weighted by Crippen LogP contribution is -2.75. The van der Waals surface area contributed by atoms with E-state index in [2.05, 4.69) is 24.5 Å². The van der Waals surface area contributed by atoms with Crippen LogP contribution in [0.15, 0.2) is 35.8 Å². The minimum atomic E-state index is -0.792. The van der Waals surface area contributed by atoms with Crippen molar-refractivity contribution in [2.75, 3.05) is 26.5 Å². The number of piperidine rings is 1. The van der Waals surface area contributed by atoms with Crippen molar-refractivity contribution in [3.05, 3.63) is 35.8 Å². The van der Waals surface area contributed by atoms with Gasteiger partial charge in [-0.3, -0.25) is 4.90 Å². The molecule has 234 valence electrons. The lowest BCUT2D eigenvalue weighted by molar-refractivity contribution is -0.240. The van der Waals surface area contributed by atoms with Gasteiger partial charge in [0.05, 0.1) is 17.6 Å². The van der Waals surface area contributed by atoms with Gasteiger partial charge in [-0.05, 0) is 75.0 Å². The Morgan fingerprint density at radius 2 is 1.81 bits per heavy atom. The first-order valence-corrected chi connectivity index (χ1v) is 17.1. The Labute approximate surface area is 252 Å². The highest BCUT2D eigenvalue weighted by Gasteiger charge is 2.76. The molecule has 4 aliphatic carbocycles. The van der Waals surface area contributed by atoms with Crippen molar-refractivity contribution in [1.29, 1.82) is 0 Å². The van der Waals surface area contributed by atoms with E-state index in [4.69, 9.17) is 18.9 Å². The van der Waals surface area contributed by atoms with Crippen LogP contribution in [0.1, 0.15) is 110 Å². The molecule has 5 fully saturated rings. The largest absolute Gasteiger partial charge is 0.511 e. The molecule has 0 aromatic rings. The van der Waals surface area contributed by atoms with Gasteiger partial charge in [0.2, 0.25) is 6.79 Å². The van der Waals surface area contributed by atoms with Crippen LogP contribution in [0.4, 0.5) is 4.79 Å². The topological polar surface area (TPSA) is 77.5 Å². The number of carbonyl (C=O) groups is 1. The van der Waals surface area contributed by atoms with Crippen LogP contribution < -0.4 is 0 Å². The van der Waals surface area contributed by atoms with Crippen LogP contribution in [0.25, 0.3) is 0 Å². The van der Waals surface area contributed by atoms with Gasteiger partial charge in [0.15, 0.2) is 5.76 Å². The van der Waals surface area contributed by atoms with E-state index in [-0.39, 0.29) is 30.3 Å². The van der Waals surface area contributed by atoms with E-state index in [1.807, 2.05) is 6.08 Å². The number of likely N-dealkylation sites (tertiary alicyclic amines) is 1. The van der Waals surface area contributed by atoms with Gasteiger partial charge in [0, 0.05) is 18.5 Å². The molecule has 2 bridgehead atoms. The van der Waals surface area contributed by atoms with Crippen LogP contribution >= 0.6 is 0 Å². The molecule has 2 saturated heterocycles. The predicted octanol–water partition coefficient (Wildman–Crippen LogP) is 7.40. The van der Waals surface area contributed by atoms with Gasteiger partial charge in [0.1, 0.15) is 11.9 Å². The molecule has 42 heavy (non-hydrogen) atoms. The molecule has 3 saturated carbocycles. The minimum Gasteiger partial charge on any atom is -0.485 e. The Bertz CT molecular complexity index is 1050. The van der Waals surface area contributed by atoms with Crippen LogP contribution in [0.5, 0.6) is 0 Å². The number of allylic oxidation sites excluding steroid dienone is 3. The second kappa shape index (κ2) is 12.9. The average molecular weight is 584 g/mol. The molecule has 3 unspecified atom stereocenters. The van der Waals surface area contributed by atoms with E-state index in [1.54, 1.807) is 0 Å². The van der Waals surface area contributed by atoms with E-state index in [0.29, 0.717) is 18.3 Å². The van der Waals surface area contributed by atoms with E-state index in [0.717, 1.165) is 68.9 Å². The number of hydrogen-bond acceptors (Lipinski definition) is 7. The standard InChI is InChI=1S/C35H53NO6/c1-3-4-5-6-7-8-9-10-11-12-21-39-33(37)41-24-40-28-16-15-27-22-29-35(38)18-17-25(2)32-34(35,30(27)31(28)42-32)19-20-36(29)23-26-13-14-26/h15-16,26-27,29-30,32,38H,2-14,17-24H2,1H3/t27?,29?,30?,32-,34-,35+/m0/s1. The third kappa shape index (κ3) is 5.65. The summed E-state index contributed by atoms with van der Waals surface area (Å²) in [4.78, 5) is 14.8.